The molecule has 1 atom stereocenters. The molecule has 0 aromatic heterocycles. The number of methoxy groups -OCH3 is 1. The van der Waals surface area contributed by atoms with Gasteiger partial charge in [-0.1, -0.05) is 0 Å². The molecule has 172 valence electrons. The van der Waals surface area contributed by atoms with Crippen LogP contribution >= 0.6 is 24.8 Å². The number of nitrogens with zero attached hydrogens (tertiary/aromatic N) is 2. The molecule has 1 aliphatic heterocycles. The molecular formula is C22H31Cl2N3O4. The standard InChI is InChI=1S/C22H29N3O4.2ClH/c1-17(26)23-18-3-7-22(8-4-18)29-16-20(27)15-24-11-13-25(14-12-24)19-5-9-21(28-2)10-6-19;;/h3-10,20,27H,11-16H2,1-2H3,(H,23,26);2*1H. The summed E-state index contributed by atoms with van der Waals surface area (Å²) < 4.78 is 10.9. The van der Waals surface area contributed by atoms with Gasteiger partial charge in [-0.2, -0.15) is 0 Å². The topological polar surface area (TPSA) is 74.3 Å². The van der Waals surface area contributed by atoms with Gasteiger partial charge < -0.3 is 24.8 Å². The number of ether oxygens (including phenoxy) is 2. The second kappa shape index (κ2) is 13.3. The van der Waals surface area contributed by atoms with E-state index in [9.17, 15) is 9.90 Å². The number of piperazine rings is 1. The van der Waals surface area contributed by atoms with Crippen molar-refractivity contribution in [2.24, 2.45) is 0 Å². The Bertz CT molecular complexity index is 782. The third-order valence-electron chi connectivity index (χ3n) is 4.90. The molecule has 3 rings (SSSR count). The highest BCUT2D eigenvalue weighted by Gasteiger charge is 2.20. The fraction of sp³-hybridized carbons (Fsp3) is 0.409. The van der Waals surface area contributed by atoms with Crippen LogP contribution in [0.15, 0.2) is 48.5 Å². The van der Waals surface area contributed by atoms with Crippen molar-refractivity contribution in [3.8, 4) is 11.5 Å². The molecule has 1 saturated heterocycles. The lowest BCUT2D eigenvalue weighted by molar-refractivity contribution is -0.114. The van der Waals surface area contributed by atoms with E-state index in [1.165, 1.54) is 12.6 Å². The number of hydrogen-bond donors (Lipinski definition) is 2. The maximum absolute atomic E-state index is 11.0. The number of anilines is 2. The number of nitrogens with one attached hydrogen (secondary N) is 1. The largest absolute Gasteiger partial charge is 0.497 e. The van der Waals surface area contributed by atoms with Crippen molar-refractivity contribution in [1.82, 2.24) is 4.90 Å². The summed E-state index contributed by atoms with van der Waals surface area (Å²) >= 11 is 0. The number of carbonyl (C=O) groups is 1. The van der Waals surface area contributed by atoms with E-state index in [0.717, 1.165) is 37.6 Å². The van der Waals surface area contributed by atoms with E-state index in [2.05, 4.69) is 27.2 Å². The number of carbonyl (C=O) groups excluding carboxylic acids is 1. The van der Waals surface area contributed by atoms with Crippen molar-refractivity contribution in [2.45, 2.75) is 13.0 Å². The predicted molar refractivity (Wildman–Crippen MR) is 128 cm³/mol. The van der Waals surface area contributed by atoms with E-state index in [4.69, 9.17) is 9.47 Å². The van der Waals surface area contributed by atoms with Gasteiger partial charge in [-0.15, -0.1) is 24.8 Å². The Kier molecular flexibility index (Phi) is 11.5. The van der Waals surface area contributed by atoms with E-state index in [-0.39, 0.29) is 37.3 Å². The van der Waals surface area contributed by atoms with Gasteiger partial charge >= 0.3 is 0 Å². The summed E-state index contributed by atoms with van der Waals surface area (Å²) in [5, 5.41) is 13.0. The minimum atomic E-state index is -0.558. The predicted octanol–water partition coefficient (Wildman–Crippen LogP) is 3.06. The van der Waals surface area contributed by atoms with Crippen LogP contribution in [0.2, 0.25) is 0 Å². The smallest absolute Gasteiger partial charge is 0.221 e. The van der Waals surface area contributed by atoms with Crippen LogP contribution in [-0.2, 0) is 4.79 Å². The van der Waals surface area contributed by atoms with E-state index in [1.807, 2.05) is 12.1 Å². The van der Waals surface area contributed by atoms with E-state index in [0.29, 0.717) is 12.3 Å². The van der Waals surface area contributed by atoms with E-state index >= 15 is 0 Å². The van der Waals surface area contributed by atoms with Gasteiger partial charge in [-0.3, -0.25) is 9.69 Å². The molecule has 1 heterocycles. The van der Waals surface area contributed by atoms with Gasteiger partial charge in [0.25, 0.3) is 0 Å². The van der Waals surface area contributed by atoms with E-state index in [1.54, 1.807) is 31.4 Å². The van der Waals surface area contributed by atoms with Gasteiger partial charge in [0.05, 0.1) is 7.11 Å². The Labute approximate surface area is 196 Å². The summed E-state index contributed by atoms with van der Waals surface area (Å²) in [7, 11) is 1.67. The summed E-state index contributed by atoms with van der Waals surface area (Å²) in [6, 6.07) is 15.2. The normalized spacial score (nSPS) is 14.6. The van der Waals surface area contributed by atoms with Crippen molar-refractivity contribution in [3.63, 3.8) is 0 Å². The molecule has 1 amide bonds. The zero-order valence-electron chi connectivity index (χ0n) is 17.8. The minimum Gasteiger partial charge on any atom is -0.497 e. The number of aliphatic hydroxyl groups excluding tert-OH is 1. The number of aliphatic hydroxyl groups is 1. The first-order valence-corrected chi connectivity index (χ1v) is 9.83. The van der Waals surface area contributed by atoms with Crippen LogP contribution in [0, 0.1) is 0 Å². The van der Waals surface area contributed by atoms with Crippen molar-refractivity contribution in [1.29, 1.82) is 0 Å². The van der Waals surface area contributed by atoms with Gasteiger partial charge in [-0.25, -0.2) is 0 Å². The lowest BCUT2D eigenvalue weighted by Crippen LogP contribution is -2.49. The quantitative estimate of drug-likeness (QED) is 0.616. The average Bonchev–Trinajstić information content (AvgIpc) is 2.73. The fourth-order valence-electron chi connectivity index (χ4n) is 3.36. The van der Waals surface area contributed by atoms with Crippen LogP contribution in [0.4, 0.5) is 11.4 Å². The van der Waals surface area contributed by atoms with Gasteiger partial charge in [0, 0.05) is 51.0 Å². The number of amides is 1. The van der Waals surface area contributed by atoms with Crippen LogP contribution in [0.25, 0.3) is 0 Å². The Morgan fingerprint density at radius 1 is 1.00 bits per heavy atom. The van der Waals surface area contributed by atoms with Gasteiger partial charge in [0.15, 0.2) is 0 Å². The number of rotatable bonds is 8. The van der Waals surface area contributed by atoms with Crippen molar-refractivity contribution < 1.29 is 19.4 Å². The second-order valence-corrected chi connectivity index (χ2v) is 7.16. The number of halogens is 2. The van der Waals surface area contributed by atoms with Crippen LogP contribution in [0.1, 0.15) is 6.92 Å². The molecule has 0 saturated carbocycles. The number of benzene rings is 2. The fourth-order valence-corrected chi connectivity index (χ4v) is 3.36. The molecule has 1 fully saturated rings. The maximum Gasteiger partial charge on any atom is 0.221 e. The molecule has 2 aromatic carbocycles. The summed E-state index contributed by atoms with van der Waals surface area (Å²) in [4.78, 5) is 15.6. The first kappa shape index (κ1) is 26.8. The highest BCUT2D eigenvalue weighted by molar-refractivity contribution is 5.88. The summed E-state index contributed by atoms with van der Waals surface area (Å²) in [5.74, 6) is 1.42. The van der Waals surface area contributed by atoms with Crippen molar-refractivity contribution >= 4 is 42.1 Å². The summed E-state index contributed by atoms with van der Waals surface area (Å²) in [6.07, 6.45) is -0.558. The molecule has 31 heavy (non-hydrogen) atoms. The van der Waals surface area contributed by atoms with Gasteiger partial charge in [0.2, 0.25) is 5.91 Å². The third kappa shape index (κ3) is 8.45. The van der Waals surface area contributed by atoms with Crippen molar-refractivity contribution in [3.05, 3.63) is 48.5 Å². The van der Waals surface area contributed by atoms with Gasteiger partial charge in [0.1, 0.15) is 24.2 Å². The lowest BCUT2D eigenvalue weighted by Gasteiger charge is -2.36. The van der Waals surface area contributed by atoms with Crippen LogP contribution < -0.4 is 19.7 Å². The summed E-state index contributed by atoms with van der Waals surface area (Å²) in [6.45, 7) is 5.92. The number of β-amino-alcohol motifs (C(OH)–C–C–N with tert-alkyl or cyclic N) is 1. The van der Waals surface area contributed by atoms with Crippen LogP contribution in [0.3, 0.4) is 0 Å². The van der Waals surface area contributed by atoms with Gasteiger partial charge in [-0.05, 0) is 48.5 Å². The van der Waals surface area contributed by atoms with Crippen LogP contribution in [-0.4, -0.2) is 68.5 Å². The zero-order valence-corrected chi connectivity index (χ0v) is 19.5. The molecule has 2 N–H and O–H groups in total. The maximum atomic E-state index is 11.0. The molecule has 9 heteroatoms. The molecular weight excluding hydrogens is 441 g/mol. The second-order valence-electron chi connectivity index (χ2n) is 7.16. The Morgan fingerprint density at radius 3 is 2.13 bits per heavy atom. The first-order valence-electron chi connectivity index (χ1n) is 9.83. The average molecular weight is 472 g/mol. The highest BCUT2D eigenvalue weighted by atomic mass is 35.5. The third-order valence-corrected chi connectivity index (χ3v) is 4.90. The Morgan fingerprint density at radius 2 is 1.58 bits per heavy atom. The molecule has 2 aromatic rings. The first-order chi connectivity index (χ1) is 14.0. The summed E-state index contributed by atoms with van der Waals surface area (Å²) in [5.41, 5.74) is 1.91. The highest BCUT2D eigenvalue weighted by Crippen LogP contribution is 2.21. The minimum absolute atomic E-state index is 0. The van der Waals surface area contributed by atoms with E-state index < -0.39 is 6.10 Å². The molecule has 0 spiro atoms. The molecule has 7 nitrogen and oxygen atoms in total. The van der Waals surface area contributed by atoms with Crippen LogP contribution in [0.5, 0.6) is 11.5 Å². The van der Waals surface area contributed by atoms with Crippen molar-refractivity contribution in [2.75, 3.05) is 56.7 Å². The molecule has 0 aliphatic carbocycles. The Hall–Kier alpha value is -2.19. The molecule has 1 unspecified atom stereocenters. The Balaban J connectivity index is 0.00000240. The molecule has 1 aliphatic rings. The molecule has 0 bridgehead atoms. The monoisotopic (exact) mass is 471 g/mol. The molecule has 0 radical (unpaired) electrons. The lowest BCUT2D eigenvalue weighted by atomic mass is 10.2. The SMILES string of the molecule is COc1ccc(N2CCN(CC(O)COc3ccc(NC(C)=O)cc3)CC2)cc1.Cl.Cl. The number of hydrogen-bond acceptors (Lipinski definition) is 6. The zero-order chi connectivity index (χ0) is 20.6.